The molecule has 0 saturated heterocycles. The molecule has 0 heterocycles. The molecule has 267 valence electrons. The molecule has 1 radical (unpaired) electrons. The molecule has 0 aliphatic heterocycles. The van der Waals surface area contributed by atoms with Gasteiger partial charge in [0.25, 0.3) is 0 Å². The molecular formula is C15H7F20O8S2. The minimum Gasteiger partial charge on any atom is -0.398 e. The van der Waals surface area contributed by atoms with Gasteiger partial charge in [-0.05, 0) is 0 Å². The number of halogens is 20. The molecule has 0 amide bonds. The van der Waals surface area contributed by atoms with E-state index < -0.39 is 109 Å². The molecule has 2 atom stereocenters. The first-order chi connectivity index (χ1) is 19.3. The van der Waals surface area contributed by atoms with Crippen molar-refractivity contribution in [2.45, 2.75) is 60.5 Å². The van der Waals surface area contributed by atoms with E-state index >= 15 is 0 Å². The Morgan fingerprint density at radius 1 is 0.467 bits per heavy atom. The van der Waals surface area contributed by atoms with Crippen molar-refractivity contribution in [2.24, 2.45) is 0 Å². The highest BCUT2D eigenvalue weighted by atomic mass is 32.3. The van der Waals surface area contributed by atoms with Crippen LogP contribution in [0.3, 0.4) is 0 Å². The normalized spacial score (nSPS) is 17.2. The number of hydrogen-bond acceptors (Lipinski definition) is 8. The molecule has 0 spiro atoms. The number of sulfone groups is 2. The maximum atomic E-state index is 14.0. The molecule has 0 fully saturated rings. The van der Waals surface area contributed by atoms with Crippen molar-refractivity contribution in [2.75, 3.05) is 0 Å². The highest BCUT2D eigenvalue weighted by molar-refractivity contribution is 8.12. The molecule has 8 nitrogen and oxygen atoms in total. The fourth-order valence-corrected chi connectivity index (χ4v) is 4.87. The Morgan fingerprint density at radius 3 is 0.889 bits per heavy atom. The van der Waals surface area contributed by atoms with E-state index in [9.17, 15) is 105 Å². The van der Waals surface area contributed by atoms with E-state index in [1.165, 1.54) is 0 Å². The van der Waals surface area contributed by atoms with Gasteiger partial charge >= 0.3 is 70.8 Å². The van der Waals surface area contributed by atoms with Crippen molar-refractivity contribution in [3.63, 3.8) is 0 Å². The van der Waals surface area contributed by atoms with E-state index in [4.69, 9.17) is 0 Å². The molecule has 0 N–H and O–H groups in total. The standard InChI is InChI=1S/C15H7F20O8S2/c1-8(22,10(24,25)40-6(20)4(16)17)42-12(28,29)14(32,33)44(36,37)3-45(38,39)15(34,35)13(30,31)43-9(2,23)11(26,27)41-7(21)5(18)19/h3H,1-2H3. The van der Waals surface area contributed by atoms with Crippen LogP contribution >= 0.6 is 0 Å². The molecule has 30 heteroatoms. The Balaban J connectivity index is 6.53. The molecule has 0 aromatic heterocycles. The fourth-order valence-electron chi connectivity index (χ4n) is 1.82. The van der Waals surface area contributed by atoms with Crippen LogP contribution in [0.5, 0.6) is 0 Å². The lowest BCUT2D eigenvalue weighted by atomic mass is 10.3. The van der Waals surface area contributed by atoms with E-state index in [1.807, 2.05) is 0 Å². The summed E-state index contributed by atoms with van der Waals surface area (Å²) in [4.78, 5) is 0. The molecule has 0 aromatic rings. The van der Waals surface area contributed by atoms with Gasteiger partial charge < -0.3 is 9.47 Å². The van der Waals surface area contributed by atoms with Gasteiger partial charge in [0.2, 0.25) is 24.8 Å². The van der Waals surface area contributed by atoms with E-state index in [2.05, 4.69) is 18.9 Å². The minimum atomic E-state index is -8.32. The number of rotatable bonds is 16. The zero-order valence-electron chi connectivity index (χ0n) is 20.2. The van der Waals surface area contributed by atoms with Crippen LogP contribution in [0.15, 0.2) is 24.2 Å². The summed E-state index contributed by atoms with van der Waals surface area (Å²) in [6.45, 7) is -2.37. The van der Waals surface area contributed by atoms with Crippen molar-refractivity contribution in [1.29, 1.82) is 0 Å². The van der Waals surface area contributed by atoms with Crippen molar-refractivity contribution in [1.82, 2.24) is 0 Å². The van der Waals surface area contributed by atoms with Gasteiger partial charge in [0.1, 0.15) is 0 Å². The second-order valence-electron chi connectivity index (χ2n) is 7.60. The van der Waals surface area contributed by atoms with Crippen LogP contribution in [0.2, 0.25) is 0 Å². The molecule has 0 aromatic carbocycles. The van der Waals surface area contributed by atoms with Gasteiger partial charge in [-0.2, -0.15) is 79.0 Å². The van der Waals surface area contributed by atoms with Crippen LogP contribution in [-0.4, -0.2) is 63.5 Å². The van der Waals surface area contributed by atoms with Gasteiger partial charge in [0.15, 0.2) is 0 Å². The molecule has 0 aliphatic rings. The lowest BCUT2D eigenvalue weighted by Gasteiger charge is -2.35. The van der Waals surface area contributed by atoms with Crippen LogP contribution < -0.4 is 0 Å². The third-order valence-corrected chi connectivity index (χ3v) is 7.99. The first kappa shape index (κ1) is 42.5. The monoisotopic (exact) mass is 759 g/mol. The predicted octanol–water partition coefficient (Wildman–Crippen LogP) is 7.00. The number of ether oxygens (including phenoxy) is 4. The zero-order valence-corrected chi connectivity index (χ0v) is 21.9. The van der Waals surface area contributed by atoms with Crippen molar-refractivity contribution < 1.29 is 124 Å². The fraction of sp³-hybridized carbons (Fsp3) is 0.667. The number of hydrogen-bond donors (Lipinski definition) is 0. The van der Waals surface area contributed by atoms with Gasteiger partial charge in [0, 0.05) is 13.8 Å². The Kier molecular flexibility index (Phi) is 11.6. The van der Waals surface area contributed by atoms with Crippen LogP contribution in [0, 0.1) is 5.08 Å². The minimum absolute atomic E-state index is 1.18. The van der Waals surface area contributed by atoms with E-state index in [-0.39, 0.29) is 0 Å². The zero-order chi connectivity index (χ0) is 36.8. The molecule has 45 heavy (non-hydrogen) atoms. The van der Waals surface area contributed by atoms with Gasteiger partial charge in [-0.1, -0.05) is 0 Å². The summed E-state index contributed by atoms with van der Waals surface area (Å²) in [6, 6.07) is -7.57. The lowest BCUT2D eigenvalue weighted by molar-refractivity contribution is -0.450. The lowest BCUT2D eigenvalue weighted by Crippen LogP contribution is -2.59. The average Bonchev–Trinajstić information content (AvgIpc) is 2.75. The quantitative estimate of drug-likeness (QED) is 0.123. The summed E-state index contributed by atoms with van der Waals surface area (Å²) in [6.07, 6.45) is -36.0. The maximum absolute atomic E-state index is 14.0. The summed E-state index contributed by atoms with van der Waals surface area (Å²) < 4.78 is 319. The second-order valence-corrected chi connectivity index (χ2v) is 11.6. The topological polar surface area (TPSA) is 105 Å². The molecule has 0 rings (SSSR count). The van der Waals surface area contributed by atoms with E-state index in [0.29, 0.717) is 0 Å². The molecule has 0 saturated carbocycles. The van der Waals surface area contributed by atoms with Crippen LogP contribution in [-0.2, 0) is 38.6 Å². The van der Waals surface area contributed by atoms with Crippen LogP contribution in [0.25, 0.3) is 0 Å². The van der Waals surface area contributed by atoms with Crippen molar-refractivity contribution >= 4 is 19.7 Å². The summed E-state index contributed by atoms with van der Waals surface area (Å²) in [7, 11) is -16.6. The van der Waals surface area contributed by atoms with Crippen molar-refractivity contribution in [3.8, 4) is 0 Å². The van der Waals surface area contributed by atoms with Gasteiger partial charge in [-0.25, -0.2) is 25.6 Å². The SMILES string of the molecule is CC(F)(OC(F)(F)C(F)(F)S(=O)(=O)[CH]S(=O)(=O)C(F)(F)C(F)(F)OC(C)(F)C(F)(F)OC(F)=C(F)F)C(F)(F)OC(F)=C(F)F. The molecule has 2 unspecified atom stereocenters. The second kappa shape index (κ2) is 12.3. The van der Waals surface area contributed by atoms with Crippen LogP contribution in [0.1, 0.15) is 13.8 Å². The van der Waals surface area contributed by atoms with E-state index in [0.717, 1.165) is 0 Å². The summed E-state index contributed by atoms with van der Waals surface area (Å²) >= 11 is 0. The first-order valence-electron chi connectivity index (χ1n) is 9.46. The van der Waals surface area contributed by atoms with Gasteiger partial charge in [-0.15, -0.1) is 0 Å². The third-order valence-electron chi connectivity index (χ3n) is 4.06. The Morgan fingerprint density at radius 2 is 0.689 bits per heavy atom. The van der Waals surface area contributed by atoms with Crippen molar-refractivity contribution in [3.05, 3.63) is 29.3 Å². The smallest absolute Gasteiger partial charge is 0.398 e. The highest BCUT2D eigenvalue weighted by Gasteiger charge is 2.77. The maximum Gasteiger partial charge on any atom is 0.461 e. The van der Waals surface area contributed by atoms with Crippen LogP contribution in [0.4, 0.5) is 87.8 Å². The number of alkyl halides is 14. The summed E-state index contributed by atoms with van der Waals surface area (Å²) in [5, 5.41) is -18.3. The molecule has 0 bridgehead atoms. The Hall–Kier alpha value is -2.50. The Bertz CT molecular complexity index is 1270. The highest BCUT2D eigenvalue weighted by Crippen LogP contribution is 2.51. The molecular weight excluding hydrogens is 752 g/mol. The van der Waals surface area contributed by atoms with Gasteiger partial charge in [0.05, 0.1) is 0 Å². The summed E-state index contributed by atoms with van der Waals surface area (Å²) in [5.74, 6) is -12.1. The van der Waals surface area contributed by atoms with Gasteiger partial charge in [-0.3, -0.25) is 9.47 Å². The van der Waals surface area contributed by atoms with E-state index in [1.54, 1.807) is 0 Å². The average molecular weight is 759 g/mol. The first-order valence-corrected chi connectivity index (χ1v) is 12.6. The molecule has 0 aliphatic carbocycles. The third kappa shape index (κ3) is 8.46. The summed E-state index contributed by atoms with van der Waals surface area (Å²) in [5.41, 5.74) is 0. The predicted molar refractivity (Wildman–Crippen MR) is 95.9 cm³/mol. The Labute approximate surface area is 233 Å². The largest absolute Gasteiger partial charge is 0.461 e.